The van der Waals surface area contributed by atoms with Crippen LogP contribution < -0.4 is 5.32 Å². The molecule has 2 atom stereocenters. The van der Waals surface area contributed by atoms with Crippen LogP contribution in [0.15, 0.2) is 83.4 Å². The zero-order valence-electron chi connectivity index (χ0n) is 19.1. The Labute approximate surface area is 206 Å². The first-order valence-electron chi connectivity index (χ1n) is 11.6. The second kappa shape index (κ2) is 8.36. The van der Waals surface area contributed by atoms with E-state index in [4.69, 9.17) is 5.10 Å². The number of rotatable bonds is 4. The Bertz CT molecular complexity index is 1470. The molecule has 174 valence electrons. The van der Waals surface area contributed by atoms with Crippen molar-refractivity contribution in [1.82, 2.24) is 9.78 Å². The number of carbonyl (C=O) groups is 2. The van der Waals surface area contributed by atoms with Crippen molar-refractivity contribution in [3.63, 3.8) is 0 Å². The molecule has 1 aliphatic carbocycles. The minimum atomic E-state index is -0.969. The number of carbonyl (C=O) groups excluding carboxylic acids is 1. The summed E-state index contributed by atoms with van der Waals surface area (Å²) in [6.07, 6.45) is 1.20. The first-order valence-corrected chi connectivity index (χ1v) is 12.4. The van der Waals surface area contributed by atoms with Gasteiger partial charge in [-0.2, -0.15) is 5.10 Å². The van der Waals surface area contributed by atoms with E-state index in [0.29, 0.717) is 6.42 Å². The molecule has 0 saturated carbocycles. The zero-order chi connectivity index (χ0) is 24.1. The third kappa shape index (κ3) is 3.59. The average Bonchev–Trinajstić information content (AvgIpc) is 3.52. The van der Waals surface area contributed by atoms with Crippen molar-refractivity contribution in [2.75, 3.05) is 5.32 Å². The van der Waals surface area contributed by atoms with Crippen LogP contribution in [0.1, 0.15) is 56.7 Å². The maximum absolute atomic E-state index is 13.7. The van der Waals surface area contributed by atoms with Crippen molar-refractivity contribution in [1.29, 1.82) is 0 Å². The van der Waals surface area contributed by atoms with E-state index in [1.54, 1.807) is 23.5 Å². The largest absolute Gasteiger partial charge is 0.478 e. The molecule has 0 saturated heterocycles. The van der Waals surface area contributed by atoms with Crippen molar-refractivity contribution < 1.29 is 14.7 Å². The van der Waals surface area contributed by atoms with Gasteiger partial charge in [-0.3, -0.25) is 4.79 Å². The van der Waals surface area contributed by atoms with Crippen LogP contribution in [0.5, 0.6) is 0 Å². The molecule has 0 unspecified atom stereocenters. The van der Waals surface area contributed by atoms with E-state index < -0.39 is 5.97 Å². The Hall–Kier alpha value is -3.97. The highest BCUT2D eigenvalue weighted by Crippen LogP contribution is 2.49. The molecule has 6 nitrogen and oxygen atoms in total. The summed E-state index contributed by atoms with van der Waals surface area (Å²) >= 11 is 1.69. The van der Waals surface area contributed by atoms with Crippen molar-refractivity contribution in [3.8, 4) is 5.69 Å². The lowest BCUT2D eigenvalue weighted by molar-refractivity contribution is -0.116. The van der Waals surface area contributed by atoms with E-state index in [0.717, 1.165) is 46.0 Å². The first kappa shape index (κ1) is 21.6. The van der Waals surface area contributed by atoms with Crippen LogP contribution in [0.2, 0.25) is 0 Å². The summed E-state index contributed by atoms with van der Waals surface area (Å²) in [6, 6.07) is 20.9. The van der Waals surface area contributed by atoms with Crippen LogP contribution in [0.4, 0.5) is 5.82 Å². The molecule has 3 heterocycles. The minimum Gasteiger partial charge on any atom is -0.478 e. The number of nitrogens with zero attached hydrogens (tertiary/aromatic N) is 2. The van der Waals surface area contributed by atoms with E-state index in [1.807, 2.05) is 60.1 Å². The fourth-order valence-electron chi connectivity index (χ4n) is 5.31. The molecule has 0 amide bonds. The predicted octanol–water partition coefficient (Wildman–Crippen LogP) is 5.90. The Kier molecular flexibility index (Phi) is 5.15. The Balaban J connectivity index is 1.53. The predicted molar refractivity (Wildman–Crippen MR) is 135 cm³/mol. The van der Waals surface area contributed by atoms with Crippen molar-refractivity contribution in [2.24, 2.45) is 0 Å². The highest BCUT2D eigenvalue weighted by atomic mass is 32.1. The Morgan fingerprint density at radius 1 is 1.06 bits per heavy atom. The summed E-state index contributed by atoms with van der Waals surface area (Å²) in [5.74, 6) is -0.151. The number of carboxylic acids is 1. The Morgan fingerprint density at radius 2 is 1.83 bits per heavy atom. The molecule has 0 radical (unpaired) electrons. The van der Waals surface area contributed by atoms with Crippen LogP contribution in [-0.2, 0) is 4.79 Å². The SMILES string of the molecule is Cc1nn(-c2ccccc2)c2c1[C@H](c1ccc(C(=O)O)cc1)C1=C(C[C@H](c3cccs3)CC1=O)N2. The Morgan fingerprint density at radius 3 is 2.51 bits per heavy atom. The molecule has 0 bridgehead atoms. The number of fused-ring (bicyclic) bond motifs is 1. The number of Topliss-reactive ketones (excluding diaryl/α,β-unsaturated/α-hetero) is 1. The summed E-state index contributed by atoms with van der Waals surface area (Å²) in [7, 11) is 0. The molecule has 0 fully saturated rings. The number of aryl methyl sites for hydroxylation is 1. The van der Waals surface area contributed by atoms with Gasteiger partial charge in [0.25, 0.3) is 0 Å². The van der Waals surface area contributed by atoms with Crippen molar-refractivity contribution >= 4 is 28.9 Å². The quantitative estimate of drug-likeness (QED) is 0.379. The number of anilines is 1. The number of aromatic nitrogens is 2. The molecule has 2 aromatic carbocycles. The minimum absolute atomic E-state index is 0.127. The number of para-hydroxylation sites is 1. The van der Waals surface area contributed by atoms with Crippen LogP contribution in [0.25, 0.3) is 5.69 Å². The second-order valence-corrected chi connectivity index (χ2v) is 10.00. The van der Waals surface area contributed by atoms with Crippen LogP contribution in [-0.4, -0.2) is 26.6 Å². The van der Waals surface area contributed by atoms with Crippen molar-refractivity contribution in [3.05, 3.63) is 111 Å². The lowest BCUT2D eigenvalue weighted by Crippen LogP contribution is -2.30. The molecule has 2 N–H and O–H groups in total. The summed E-state index contributed by atoms with van der Waals surface area (Å²) in [5.41, 5.74) is 5.54. The second-order valence-electron chi connectivity index (χ2n) is 9.02. The number of hydrogen-bond acceptors (Lipinski definition) is 5. The van der Waals surface area contributed by atoms with E-state index >= 15 is 0 Å². The van der Waals surface area contributed by atoms with E-state index in [1.165, 1.54) is 4.88 Å². The van der Waals surface area contributed by atoms with Crippen LogP contribution >= 0.6 is 11.3 Å². The van der Waals surface area contributed by atoms with Gasteiger partial charge in [0.1, 0.15) is 5.82 Å². The number of ketones is 1. The van der Waals surface area contributed by atoms with Gasteiger partial charge in [-0.25, -0.2) is 9.48 Å². The zero-order valence-corrected chi connectivity index (χ0v) is 19.9. The van der Waals surface area contributed by atoms with Gasteiger partial charge in [-0.15, -0.1) is 11.3 Å². The van der Waals surface area contributed by atoms with Gasteiger partial charge < -0.3 is 10.4 Å². The van der Waals surface area contributed by atoms with Gasteiger partial charge in [-0.1, -0.05) is 36.4 Å². The summed E-state index contributed by atoms with van der Waals surface area (Å²) in [4.78, 5) is 26.3. The molecule has 1 aliphatic heterocycles. The number of benzene rings is 2. The van der Waals surface area contributed by atoms with Gasteiger partial charge in [0.05, 0.1) is 16.9 Å². The van der Waals surface area contributed by atoms with Gasteiger partial charge in [-0.05, 0) is 54.6 Å². The molecular weight excluding hydrogens is 458 g/mol. The molecule has 2 aliphatic rings. The number of hydrogen-bond donors (Lipinski definition) is 2. The number of nitrogens with one attached hydrogen (secondary N) is 1. The molecule has 7 heteroatoms. The van der Waals surface area contributed by atoms with Gasteiger partial charge in [0.15, 0.2) is 5.78 Å². The molecule has 2 aromatic heterocycles. The normalized spacial score (nSPS) is 19.2. The lowest BCUT2D eigenvalue weighted by Gasteiger charge is -2.35. The maximum atomic E-state index is 13.7. The smallest absolute Gasteiger partial charge is 0.335 e. The third-order valence-electron chi connectivity index (χ3n) is 6.90. The summed E-state index contributed by atoms with van der Waals surface area (Å²) in [6.45, 7) is 1.96. The third-order valence-corrected chi connectivity index (χ3v) is 7.93. The summed E-state index contributed by atoms with van der Waals surface area (Å²) < 4.78 is 1.91. The average molecular weight is 482 g/mol. The van der Waals surface area contributed by atoms with Crippen molar-refractivity contribution in [2.45, 2.75) is 31.6 Å². The highest BCUT2D eigenvalue weighted by molar-refractivity contribution is 7.10. The lowest BCUT2D eigenvalue weighted by atomic mass is 9.73. The standard InChI is InChI=1S/C28H23N3O3S/c1-16-24-25(17-9-11-18(12-10-17)28(33)34)26-21(14-19(15-22(26)32)23-8-5-13-35-23)29-27(24)31(30-16)20-6-3-2-4-7-20/h2-13,19,25,29H,14-15H2,1H3,(H,33,34)/t19-,25-/m0/s1. The maximum Gasteiger partial charge on any atom is 0.335 e. The fraction of sp³-hybridized carbons (Fsp3) is 0.179. The highest BCUT2D eigenvalue weighted by Gasteiger charge is 2.41. The number of allylic oxidation sites excluding steroid dienone is 2. The van der Waals surface area contributed by atoms with Gasteiger partial charge >= 0.3 is 5.97 Å². The monoisotopic (exact) mass is 481 g/mol. The topological polar surface area (TPSA) is 84.2 Å². The molecule has 35 heavy (non-hydrogen) atoms. The number of aromatic carboxylic acids is 1. The molecular formula is C28H23N3O3S. The van der Waals surface area contributed by atoms with Crippen LogP contribution in [0.3, 0.4) is 0 Å². The number of carboxylic acid groups (broad SMARTS) is 1. The van der Waals surface area contributed by atoms with Gasteiger partial charge in [0.2, 0.25) is 0 Å². The van der Waals surface area contributed by atoms with E-state index in [-0.39, 0.29) is 23.2 Å². The van der Waals surface area contributed by atoms with E-state index in [2.05, 4.69) is 16.8 Å². The number of thiophene rings is 1. The summed E-state index contributed by atoms with van der Waals surface area (Å²) in [5, 5.41) is 19.9. The first-order chi connectivity index (χ1) is 17.0. The van der Waals surface area contributed by atoms with E-state index in [9.17, 15) is 14.7 Å². The molecule has 0 spiro atoms. The molecule has 6 rings (SSSR count). The fourth-order valence-corrected chi connectivity index (χ4v) is 6.14. The molecule has 4 aromatic rings. The van der Waals surface area contributed by atoms with Crippen LogP contribution in [0, 0.1) is 6.92 Å². The van der Waals surface area contributed by atoms with Gasteiger partial charge in [0, 0.05) is 40.0 Å².